The van der Waals surface area contributed by atoms with Crippen molar-refractivity contribution in [2.24, 2.45) is 0 Å². The molecule has 1 rings (SSSR count). The molecule has 0 spiro atoms. The molecule has 1 N–H and O–H groups in total. The van der Waals surface area contributed by atoms with Gasteiger partial charge in [-0.2, -0.15) is 5.26 Å². The highest BCUT2D eigenvalue weighted by Crippen LogP contribution is 2.31. The molecule has 9 heteroatoms. The highest BCUT2D eigenvalue weighted by atomic mass is 79.9. The number of nitriles is 1. The third-order valence-corrected chi connectivity index (χ3v) is 4.58. The number of nitrogens with zero attached hydrogens (tertiary/aromatic N) is 2. The lowest BCUT2D eigenvalue weighted by atomic mass is 10.2. The van der Waals surface area contributed by atoms with Gasteiger partial charge in [-0.3, -0.25) is 14.8 Å². The van der Waals surface area contributed by atoms with Crippen molar-refractivity contribution in [3.05, 3.63) is 32.3 Å². The van der Waals surface area contributed by atoms with Crippen molar-refractivity contribution in [3.63, 3.8) is 0 Å². The smallest absolute Gasteiger partial charge is 0.274 e. The fourth-order valence-electron chi connectivity index (χ4n) is 1.25. The van der Waals surface area contributed by atoms with Gasteiger partial charge in [-0.25, -0.2) is 8.42 Å². The first kappa shape index (κ1) is 15.4. The molecule has 102 valence electrons. The monoisotopic (exact) mass is 347 g/mol. The van der Waals surface area contributed by atoms with Crippen LogP contribution in [-0.4, -0.2) is 18.6 Å². The van der Waals surface area contributed by atoms with Crippen molar-refractivity contribution in [1.29, 1.82) is 5.26 Å². The van der Waals surface area contributed by atoms with E-state index in [-0.39, 0.29) is 11.4 Å². The molecule has 0 radical (unpaired) electrons. The van der Waals surface area contributed by atoms with E-state index in [0.29, 0.717) is 10.0 Å². The van der Waals surface area contributed by atoms with Crippen LogP contribution >= 0.6 is 15.9 Å². The molecule has 1 unspecified atom stereocenters. The molecule has 0 amide bonds. The molecule has 1 aromatic rings. The fraction of sp³-hybridized carbons (Fsp3) is 0.300. The number of nitrogens with one attached hydrogen (secondary N) is 1. The lowest BCUT2D eigenvalue weighted by molar-refractivity contribution is -0.385. The van der Waals surface area contributed by atoms with Crippen LogP contribution in [0.4, 0.5) is 11.4 Å². The summed E-state index contributed by atoms with van der Waals surface area (Å²) in [5.41, 5.74) is 0.220. The Morgan fingerprint density at radius 1 is 1.53 bits per heavy atom. The van der Waals surface area contributed by atoms with Crippen LogP contribution in [0.3, 0.4) is 0 Å². The molecule has 0 fully saturated rings. The molecule has 1 atom stereocenters. The summed E-state index contributed by atoms with van der Waals surface area (Å²) >= 11 is 3.12. The summed E-state index contributed by atoms with van der Waals surface area (Å²) in [7, 11) is -3.90. The Bertz CT molecular complexity index is 666. The minimum atomic E-state index is -3.90. The largest absolute Gasteiger partial charge is 0.281 e. The van der Waals surface area contributed by atoms with Gasteiger partial charge in [0.2, 0.25) is 10.0 Å². The van der Waals surface area contributed by atoms with Crippen LogP contribution in [0.25, 0.3) is 0 Å². The SMILES string of the molecule is Cc1cc(Br)c(NS(=O)(=O)C(C)C#N)cc1[N+](=O)[O-]. The second-order valence-corrected chi connectivity index (χ2v) is 6.65. The number of aryl methyl sites for hydroxylation is 1. The average molecular weight is 348 g/mol. The van der Waals surface area contributed by atoms with Gasteiger partial charge in [0.25, 0.3) is 5.69 Å². The fourth-order valence-corrected chi connectivity index (χ4v) is 2.73. The summed E-state index contributed by atoms with van der Waals surface area (Å²) in [6.45, 7) is 2.76. The first-order valence-corrected chi connectivity index (χ1v) is 7.38. The normalized spacial score (nSPS) is 12.5. The molecule has 19 heavy (non-hydrogen) atoms. The van der Waals surface area contributed by atoms with E-state index < -0.39 is 20.2 Å². The molecule has 0 aliphatic rings. The Kier molecular flexibility index (Phi) is 4.49. The molecule has 7 nitrogen and oxygen atoms in total. The lowest BCUT2D eigenvalue weighted by Gasteiger charge is -2.11. The van der Waals surface area contributed by atoms with Crippen molar-refractivity contribution in [2.75, 3.05) is 4.72 Å². The number of benzene rings is 1. The summed E-state index contributed by atoms with van der Waals surface area (Å²) in [4.78, 5) is 10.2. The van der Waals surface area contributed by atoms with Gasteiger partial charge in [-0.1, -0.05) is 0 Å². The molecular formula is C10H10BrN3O4S. The van der Waals surface area contributed by atoms with E-state index in [1.807, 2.05) is 0 Å². The quantitative estimate of drug-likeness (QED) is 0.663. The van der Waals surface area contributed by atoms with Crippen LogP contribution in [0, 0.1) is 28.4 Å². The Morgan fingerprint density at radius 3 is 2.58 bits per heavy atom. The molecule has 0 aliphatic heterocycles. The van der Waals surface area contributed by atoms with Gasteiger partial charge < -0.3 is 0 Å². The van der Waals surface area contributed by atoms with Gasteiger partial charge in [0.1, 0.15) is 0 Å². The van der Waals surface area contributed by atoms with E-state index in [1.165, 1.54) is 13.0 Å². The standard InChI is InChI=1S/C10H10BrN3O4S/c1-6-3-8(11)9(4-10(6)14(15)16)13-19(17,18)7(2)5-12/h3-4,7,13H,1-2H3. The van der Waals surface area contributed by atoms with Crippen molar-refractivity contribution in [3.8, 4) is 6.07 Å². The maximum atomic E-state index is 11.7. The van der Waals surface area contributed by atoms with Gasteiger partial charge >= 0.3 is 0 Å². The molecule has 0 aliphatic carbocycles. The first-order chi connectivity index (χ1) is 8.69. The van der Waals surface area contributed by atoms with E-state index in [9.17, 15) is 18.5 Å². The van der Waals surface area contributed by atoms with E-state index in [0.717, 1.165) is 6.07 Å². The second-order valence-electron chi connectivity index (χ2n) is 3.79. The molecule has 0 saturated carbocycles. The van der Waals surface area contributed by atoms with Crippen molar-refractivity contribution < 1.29 is 13.3 Å². The number of nitro benzene ring substituents is 1. The van der Waals surface area contributed by atoms with Gasteiger partial charge in [-0.05, 0) is 35.8 Å². The predicted molar refractivity (Wildman–Crippen MR) is 73.2 cm³/mol. The maximum absolute atomic E-state index is 11.7. The molecule has 0 heterocycles. The number of hydrogen-bond acceptors (Lipinski definition) is 5. The van der Waals surface area contributed by atoms with Crippen molar-refractivity contribution in [1.82, 2.24) is 0 Å². The zero-order valence-corrected chi connectivity index (χ0v) is 12.4. The topological polar surface area (TPSA) is 113 Å². The van der Waals surface area contributed by atoms with Crippen LogP contribution in [0.15, 0.2) is 16.6 Å². The third kappa shape index (κ3) is 3.42. The van der Waals surface area contributed by atoms with Crippen LogP contribution in [-0.2, 0) is 10.0 Å². The van der Waals surface area contributed by atoms with Crippen molar-refractivity contribution in [2.45, 2.75) is 19.1 Å². The highest BCUT2D eigenvalue weighted by molar-refractivity contribution is 9.10. The van der Waals surface area contributed by atoms with E-state index in [4.69, 9.17) is 5.26 Å². The molecule has 0 aromatic heterocycles. The summed E-state index contributed by atoms with van der Waals surface area (Å²) < 4.78 is 26.0. The Labute approximate surface area is 118 Å². The van der Waals surface area contributed by atoms with Gasteiger partial charge in [0, 0.05) is 16.1 Å². The predicted octanol–water partition coefficient (Wildman–Crippen LogP) is 2.32. The molecule has 0 bridgehead atoms. The lowest BCUT2D eigenvalue weighted by Crippen LogP contribution is -2.24. The summed E-state index contributed by atoms with van der Waals surface area (Å²) in [6, 6.07) is 4.14. The Balaban J connectivity index is 3.27. The minimum absolute atomic E-state index is 0.0272. The zero-order valence-electron chi connectivity index (χ0n) is 10.0. The van der Waals surface area contributed by atoms with Gasteiger partial charge in [0.15, 0.2) is 5.25 Å². The van der Waals surface area contributed by atoms with Crippen LogP contribution < -0.4 is 4.72 Å². The Hall–Kier alpha value is -1.66. The summed E-state index contributed by atoms with van der Waals surface area (Å²) in [5, 5.41) is 18.2. The summed E-state index contributed by atoms with van der Waals surface area (Å²) in [6.07, 6.45) is 0. The number of anilines is 1. The highest BCUT2D eigenvalue weighted by Gasteiger charge is 2.23. The summed E-state index contributed by atoms with van der Waals surface area (Å²) in [5.74, 6) is 0. The number of rotatable bonds is 4. The number of sulfonamides is 1. The van der Waals surface area contributed by atoms with E-state index >= 15 is 0 Å². The molecule has 0 saturated heterocycles. The van der Waals surface area contributed by atoms with E-state index in [1.54, 1.807) is 13.0 Å². The first-order valence-electron chi connectivity index (χ1n) is 5.05. The van der Waals surface area contributed by atoms with Gasteiger partial charge in [-0.15, -0.1) is 0 Å². The number of halogens is 1. The Morgan fingerprint density at radius 2 is 2.11 bits per heavy atom. The minimum Gasteiger partial charge on any atom is -0.281 e. The van der Waals surface area contributed by atoms with Crippen molar-refractivity contribution >= 4 is 37.3 Å². The maximum Gasteiger partial charge on any atom is 0.274 e. The van der Waals surface area contributed by atoms with Crippen LogP contribution in [0.2, 0.25) is 0 Å². The average Bonchev–Trinajstić information content (AvgIpc) is 2.30. The number of nitro groups is 1. The molecular weight excluding hydrogens is 338 g/mol. The zero-order chi connectivity index (χ0) is 14.8. The second kappa shape index (κ2) is 5.54. The van der Waals surface area contributed by atoms with Gasteiger partial charge in [0.05, 0.1) is 16.7 Å². The van der Waals surface area contributed by atoms with E-state index in [2.05, 4.69) is 20.7 Å². The van der Waals surface area contributed by atoms with Crippen LogP contribution in [0.1, 0.15) is 12.5 Å². The third-order valence-electron chi connectivity index (χ3n) is 2.38. The number of hydrogen-bond donors (Lipinski definition) is 1. The molecule has 1 aromatic carbocycles. The van der Waals surface area contributed by atoms with Crippen LogP contribution in [0.5, 0.6) is 0 Å².